The van der Waals surface area contributed by atoms with Crippen LogP contribution in [0, 0.1) is 25.5 Å². The molecule has 0 aliphatic rings. The average Bonchev–Trinajstić information content (AvgIpc) is 2.62. The minimum atomic E-state index is -0.952. The third kappa shape index (κ3) is 3.85. The molecule has 26 heavy (non-hydrogen) atoms. The van der Waals surface area contributed by atoms with Crippen LogP contribution in [0.1, 0.15) is 21.5 Å². The molecule has 0 atom stereocenters. The van der Waals surface area contributed by atoms with Crippen LogP contribution in [-0.4, -0.2) is 10.9 Å². The molecular weight excluding hydrogens is 336 g/mol. The van der Waals surface area contributed by atoms with Crippen molar-refractivity contribution in [1.29, 1.82) is 0 Å². The van der Waals surface area contributed by atoms with Crippen LogP contribution in [0.2, 0.25) is 0 Å². The van der Waals surface area contributed by atoms with Gasteiger partial charge in [-0.3, -0.25) is 9.78 Å². The maximum Gasteiger partial charge on any atom is 0.257 e. The zero-order chi connectivity index (χ0) is 18.7. The number of pyridine rings is 1. The molecule has 0 saturated carbocycles. The number of carbonyl (C=O) groups excluding carboxylic acids is 1. The molecule has 3 aromatic rings. The highest BCUT2D eigenvalue weighted by Gasteiger charge is 2.10. The Morgan fingerprint density at radius 1 is 0.962 bits per heavy atom. The molecule has 1 amide bonds. The number of hydrogen-bond donors (Lipinski definition) is 2. The Hall–Kier alpha value is -3.28. The van der Waals surface area contributed by atoms with E-state index in [9.17, 15) is 13.6 Å². The van der Waals surface area contributed by atoms with Crippen LogP contribution in [0.4, 0.5) is 25.8 Å². The SMILES string of the molecule is Cc1cccc(NC(=O)c2cncc(Nc3ccc(F)c(F)c3)c2)c1C. The lowest BCUT2D eigenvalue weighted by Crippen LogP contribution is -2.13. The number of halogens is 2. The van der Waals surface area contributed by atoms with Crippen molar-refractivity contribution in [3.63, 3.8) is 0 Å². The third-order valence-electron chi connectivity index (χ3n) is 4.06. The Morgan fingerprint density at radius 2 is 1.77 bits per heavy atom. The summed E-state index contributed by atoms with van der Waals surface area (Å²) in [7, 11) is 0. The van der Waals surface area contributed by atoms with Gasteiger partial charge in [-0.25, -0.2) is 8.78 Å². The summed E-state index contributed by atoms with van der Waals surface area (Å²) in [5.41, 5.74) is 3.99. The van der Waals surface area contributed by atoms with Crippen molar-refractivity contribution < 1.29 is 13.6 Å². The minimum absolute atomic E-state index is 0.305. The molecule has 2 aromatic carbocycles. The van der Waals surface area contributed by atoms with E-state index in [0.29, 0.717) is 16.9 Å². The Labute approximate surface area is 149 Å². The first-order valence-electron chi connectivity index (χ1n) is 7.99. The molecule has 2 N–H and O–H groups in total. The zero-order valence-corrected chi connectivity index (χ0v) is 14.3. The monoisotopic (exact) mass is 353 g/mol. The normalized spacial score (nSPS) is 10.5. The number of aromatic nitrogens is 1. The van der Waals surface area contributed by atoms with Gasteiger partial charge in [0.25, 0.3) is 5.91 Å². The van der Waals surface area contributed by atoms with E-state index in [2.05, 4.69) is 15.6 Å². The smallest absolute Gasteiger partial charge is 0.257 e. The maximum absolute atomic E-state index is 13.3. The highest BCUT2D eigenvalue weighted by molar-refractivity contribution is 6.05. The van der Waals surface area contributed by atoms with E-state index in [4.69, 9.17) is 0 Å². The summed E-state index contributed by atoms with van der Waals surface area (Å²) in [4.78, 5) is 16.5. The Balaban J connectivity index is 1.79. The van der Waals surface area contributed by atoms with Crippen LogP contribution < -0.4 is 10.6 Å². The van der Waals surface area contributed by atoms with Gasteiger partial charge in [-0.05, 0) is 49.2 Å². The summed E-state index contributed by atoms with van der Waals surface area (Å²) in [6.07, 6.45) is 2.94. The van der Waals surface area contributed by atoms with E-state index in [1.165, 1.54) is 18.5 Å². The van der Waals surface area contributed by atoms with Crippen molar-refractivity contribution in [3.8, 4) is 0 Å². The zero-order valence-electron chi connectivity index (χ0n) is 14.3. The van der Waals surface area contributed by atoms with Gasteiger partial charge in [-0.2, -0.15) is 0 Å². The van der Waals surface area contributed by atoms with Gasteiger partial charge in [-0.1, -0.05) is 12.1 Å². The van der Waals surface area contributed by atoms with E-state index in [-0.39, 0.29) is 5.91 Å². The van der Waals surface area contributed by atoms with Gasteiger partial charge in [0.2, 0.25) is 0 Å². The van der Waals surface area contributed by atoms with Crippen molar-refractivity contribution in [3.05, 3.63) is 83.2 Å². The molecule has 4 nitrogen and oxygen atoms in total. The van der Waals surface area contributed by atoms with Crippen LogP contribution in [0.3, 0.4) is 0 Å². The number of anilines is 3. The molecule has 132 valence electrons. The molecule has 6 heteroatoms. The molecule has 0 radical (unpaired) electrons. The number of rotatable bonds is 4. The van der Waals surface area contributed by atoms with E-state index in [1.54, 1.807) is 6.07 Å². The summed E-state index contributed by atoms with van der Waals surface area (Å²) >= 11 is 0. The first kappa shape index (κ1) is 17.5. The summed E-state index contributed by atoms with van der Waals surface area (Å²) in [6.45, 7) is 3.91. The van der Waals surface area contributed by atoms with E-state index in [0.717, 1.165) is 28.9 Å². The molecule has 0 aliphatic carbocycles. The number of nitrogens with zero attached hydrogens (tertiary/aromatic N) is 1. The molecule has 0 spiro atoms. The van der Waals surface area contributed by atoms with Gasteiger partial charge >= 0.3 is 0 Å². The molecule has 0 unspecified atom stereocenters. The van der Waals surface area contributed by atoms with Gasteiger partial charge in [0.05, 0.1) is 17.4 Å². The topological polar surface area (TPSA) is 54.0 Å². The number of hydrogen-bond acceptors (Lipinski definition) is 3. The molecule has 1 heterocycles. The van der Waals surface area contributed by atoms with Crippen LogP contribution >= 0.6 is 0 Å². The quantitative estimate of drug-likeness (QED) is 0.696. The van der Waals surface area contributed by atoms with Crippen LogP contribution in [0.5, 0.6) is 0 Å². The van der Waals surface area contributed by atoms with Crippen molar-refractivity contribution in [1.82, 2.24) is 4.98 Å². The Bertz CT molecular complexity index is 973. The second-order valence-electron chi connectivity index (χ2n) is 5.92. The van der Waals surface area contributed by atoms with Gasteiger partial charge in [0, 0.05) is 23.6 Å². The number of benzene rings is 2. The summed E-state index contributed by atoms with van der Waals surface area (Å²) in [5.74, 6) is -2.18. The largest absolute Gasteiger partial charge is 0.354 e. The van der Waals surface area contributed by atoms with Gasteiger partial charge in [0.1, 0.15) is 0 Å². The fourth-order valence-electron chi connectivity index (χ4n) is 2.45. The molecule has 0 aliphatic heterocycles. The highest BCUT2D eigenvalue weighted by atomic mass is 19.2. The highest BCUT2D eigenvalue weighted by Crippen LogP contribution is 2.21. The molecule has 0 fully saturated rings. The Morgan fingerprint density at radius 3 is 2.54 bits per heavy atom. The molecule has 0 bridgehead atoms. The fourth-order valence-corrected chi connectivity index (χ4v) is 2.45. The summed E-state index contributed by atoms with van der Waals surface area (Å²) in [5, 5.41) is 5.76. The second kappa shape index (κ2) is 7.31. The van der Waals surface area contributed by atoms with Crippen LogP contribution in [0.15, 0.2) is 54.9 Å². The molecular formula is C20H17F2N3O. The fraction of sp³-hybridized carbons (Fsp3) is 0.100. The van der Waals surface area contributed by atoms with Gasteiger partial charge in [-0.15, -0.1) is 0 Å². The standard InChI is InChI=1S/C20H17F2N3O/c1-12-4-3-5-19(13(12)2)25-20(26)14-8-16(11-23-10-14)24-15-6-7-17(21)18(22)9-15/h3-11,24H,1-2H3,(H,25,26). The third-order valence-corrected chi connectivity index (χ3v) is 4.06. The maximum atomic E-state index is 13.3. The van der Waals surface area contributed by atoms with Crippen LogP contribution in [0.25, 0.3) is 0 Å². The van der Waals surface area contributed by atoms with Crippen molar-refractivity contribution in [2.75, 3.05) is 10.6 Å². The first-order chi connectivity index (χ1) is 12.4. The number of amides is 1. The predicted molar refractivity (Wildman–Crippen MR) is 97.7 cm³/mol. The molecule has 1 aromatic heterocycles. The summed E-state index contributed by atoms with van der Waals surface area (Å²) < 4.78 is 26.3. The van der Waals surface area contributed by atoms with Gasteiger partial charge in [0.15, 0.2) is 11.6 Å². The lowest BCUT2D eigenvalue weighted by atomic mass is 10.1. The van der Waals surface area contributed by atoms with Crippen molar-refractivity contribution in [2.24, 2.45) is 0 Å². The lowest BCUT2D eigenvalue weighted by Gasteiger charge is -2.11. The van der Waals surface area contributed by atoms with Crippen molar-refractivity contribution in [2.45, 2.75) is 13.8 Å². The lowest BCUT2D eigenvalue weighted by molar-refractivity contribution is 0.102. The first-order valence-corrected chi connectivity index (χ1v) is 7.99. The van der Waals surface area contributed by atoms with Gasteiger partial charge < -0.3 is 10.6 Å². The van der Waals surface area contributed by atoms with Crippen LogP contribution in [-0.2, 0) is 0 Å². The predicted octanol–water partition coefficient (Wildman–Crippen LogP) is 4.97. The molecule has 0 saturated heterocycles. The molecule has 3 rings (SSSR count). The van der Waals surface area contributed by atoms with E-state index in [1.807, 2.05) is 32.0 Å². The number of aryl methyl sites for hydroxylation is 1. The minimum Gasteiger partial charge on any atom is -0.354 e. The van der Waals surface area contributed by atoms with Crippen molar-refractivity contribution >= 4 is 23.0 Å². The van der Waals surface area contributed by atoms with E-state index < -0.39 is 11.6 Å². The number of carbonyl (C=O) groups is 1. The summed E-state index contributed by atoms with van der Waals surface area (Å²) in [6, 6.07) is 10.7. The number of nitrogens with one attached hydrogen (secondary N) is 2. The average molecular weight is 353 g/mol. The van der Waals surface area contributed by atoms with E-state index >= 15 is 0 Å². The Kier molecular flexibility index (Phi) is 4.93. The second-order valence-corrected chi connectivity index (χ2v) is 5.92.